The van der Waals surface area contributed by atoms with Crippen LogP contribution in [0.5, 0.6) is 0 Å². The van der Waals surface area contributed by atoms with Gasteiger partial charge in [-0.15, -0.1) is 0 Å². The van der Waals surface area contributed by atoms with E-state index in [4.69, 9.17) is 9.47 Å². The number of aromatic nitrogens is 2. The molecule has 1 saturated carbocycles. The van der Waals surface area contributed by atoms with Gasteiger partial charge in [-0.1, -0.05) is 19.3 Å². The molecule has 190 valence electrons. The van der Waals surface area contributed by atoms with E-state index in [1.807, 2.05) is 10.6 Å². The molecule has 1 saturated heterocycles. The van der Waals surface area contributed by atoms with E-state index in [0.717, 1.165) is 31.2 Å². The van der Waals surface area contributed by atoms with Crippen molar-refractivity contribution in [2.45, 2.75) is 45.6 Å². The Kier molecular flexibility index (Phi) is 8.22. The Hall–Kier alpha value is -3.14. The number of hydrogen-bond acceptors (Lipinski definition) is 6. The Morgan fingerprint density at radius 3 is 2.46 bits per heavy atom. The van der Waals surface area contributed by atoms with Crippen molar-refractivity contribution < 1.29 is 23.9 Å². The monoisotopic (exact) mass is 485 g/mol. The minimum Gasteiger partial charge on any atom is -0.450 e. The molecular formula is C25H35N5O5. The first-order chi connectivity index (χ1) is 17.0. The number of hydrogen-bond donors (Lipinski definition) is 1. The normalized spacial score (nSPS) is 17.0. The molecule has 2 heterocycles. The molecule has 3 amide bonds. The maximum atomic E-state index is 13.7. The molecule has 2 aliphatic rings. The van der Waals surface area contributed by atoms with Crippen molar-refractivity contribution in [3.05, 3.63) is 24.0 Å². The van der Waals surface area contributed by atoms with Crippen LogP contribution in [0.3, 0.4) is 0 Å². The van der Waals surface area contributed by atoms with Crippen LogP contribution in [0.4, 0.5) is 10.5 Å². The van der Waals surface area contributed by atoms with Gasteiger partial charge >= 0.3 is 6.09 Å². The van der Waals surface area contributed by atoms with Crippen LogP contribution in [0.25, 0.3) is 11.0 Å². The van der Waals surface area contributed by atoms with Gasteiger partial charge in [0.15, 0.2) is 0 Å². The third kappa shape index (κ3) is 5.75. The van der Waals surface area contributed by atoms with Crippen molar-refractivity contribution in [3.8, 4) is 0 Å². The van der Waals surface area contributed by atoms with Crippen molar-refractivity contribution in [2.75, 3.05) is 51.8 Å². The van der Waals surface area contributed by atoms with Crippen LogP contribution in [0, 0.1) is 5.92 Å². The minimum atomic E-state index is -0.355. The first-order valence-corrected chi connectivity index (χ1v) is 12.5. The fraction of sp³-hybridized carbons (Fsp3) is 0.600. The number of anilines is 1. The zero-order chi connectivity index (χ0) is 24.8. The zero-order valence-electron chi connectivity index (χ0n) is 20.6. The number of carbonyl (C=O) groups is 3. The van der Waals surface area contributed by atoms with E-state index in [9.17, 15) is 14.4 Å². The Morgan fingerprint density at radius 2 is 1.77 bits per heavy atom. The SMILES string of the molecule is CCOC(=O)N1CCN(C(=O)c2cc(NC(=O)C3CCCCC3)cc3ncn(CCOC)c23)CC1. The molecule has 35 heavy (non-hydrogen) atoms. The summed E-state index contributed by atoms with van der Waals surface area (Å²) in [5.74, 6) is -0.135. The van der Waals surface area contributed by atoms with Crippen molar-refractivity contribution in [2.24, 2.45) is 5.92 Å². The predicted octanol–water partition coefficient (Wildman–Crippen LogP) is 3.12. The van der Waals surface area contributed by atoms with Crippen LogP contribution in [-0.4, -0.2) is 83.8 Å². The number of nitrogens with zero attached hydrogens (tertiary/aromatic N) is 4. The highest BCUT2D eigenvalue weighted by Gasteiger charge is 2.28. The summed E-state index contributed by atoms with van der Waals surface area (Å²) in [6.07, 6.45) is 6.47. The quantitative estimate of drug-likeness (QED) is 0.646. The molecule has 2 aromatic rings. The summed E-state index contributed by atoms with van der Waals surface area (Å²) in [4.78, 5) is 46.5. The average Bonchev–Trinajstić information content (AvgIpc) is 3.30. The lowest BCUT2D eigenvalue weighted by Crippen LogP contribution is -2.50. The molecule has 1 aromatic heterocycles. The van der Waals surface area contributed by atoms with Crippen molar-refractivity contribution >= 4 is 34.6 Å². The highest BCUT2D eigenvalue weighted by atomic mass is 16.6. The molecule has 10 heteroatoms. The Labute approximate surface area is 205 Å². The van der Waals surface area contributed by atoms with Gasteiger partial charge in [0, 0.05) is 51.4 Å². The van der Waals surface area contributed by atoms with Gasteiger partial charge in [0.1, 0.15) is 0 Å². The average molecular weight is 486 g/mol. The second-order valence-corrected chi connectivity index (χ2v) is 9.12. The summed E-state index contributed by atoms with van der Waals surface area (Å²) in [5.41, 5.74) is 2.44. The number of rotatable bonds is 7. The lowest BCUT2D eigenvalue weighted by molar-refractivity contribution is -0.120. The van der Waals surface area contributed by atoms with E-state index in [0.29, 0.717) is 62.7 Å². The Balaban J connectivity index is 1.58. The number of nitrogens with one attached hydrogen (secondary N) is 1. The molecule has 0 radical (unpaired) electrons. The van der Waals surface area contributed by atoms with Crippen molar-refractivity contribution in [1.82, 2.24) is 19.4 Å². The lowest BCUT2D eigenvalue weighted by Gasteiger charge is -2.34. The fourth-order valence-corrected chi connectivity index (χ4v) is 4.89. The molecule has 1 aliphatic heterocycles. The molecule has 1 aromatic carbocycles. The summed E-state index contributed by atoms with van der Waals surface area (Å²) < 4.78 is 12.2. The van der Waals surface area contributed by atoms with E-state index in [-0.39, 0.29) is 23.8 Å². The van der Waals surface area contributed by atoms with Gasteiger partial charge in [-0.2, -0.15) is 0 Å². The standard InChI is InChI=1S/C25H35N5O5/c1-3-35-25(33)29-11-9-28(10-12-29)24(32)20-15-19(27-23(31)18-7-5-4-6-8-18)16-21-22(20)30(17-26-21)13-14-34-2/h15-18H,3-14H2,1-2H3,(H,27,31). The molecule has 0 spiro atoms. The van der Waals surface area contributed by atoms with E-state index in [2.05, 4.69) is 10.3 Å². The maximum absolute atomic E-state index is 13.7. The summed E-state index contributed by atoms with van der Waals surface area (Å²) >= 11 is 0. The fourth-order valence-electron chi connectivity index (χ4n) is 4.89. The Bertz CT molecular complexity index is 1050. The third-order valence-corrected chi connectivity index (χ3v) is 6.82. The van der Waals surface area contributed by atoms with E-state index < -0.39 is 0 Å². The molecule has 2 fully saturated rings. The smallest absolute Gasteiger partial charge is 0.409 e. The van der Waals surface area contributed by atoms with Crippen LogP contribution in [0.2, 0.25) is 0 Å². The van der Waals surface area contributed by atoms with Gasteiger partial charge in [-0.3, -0.25) is 9.59 Å². The zero-order valence-corrected chi connectivity index (χ0v) is 20.6. The molecule has 1 aliphatic carbocycles. The van der Waals surface area contributed by atoms with Crippen molar-refractivity contribution in [3.63, 3.8) is 0 Å². The maximum Gasteiger partial charge on any atom is 0.409 e. The molecule has 0 bridgehead atoms. The Morgan fingerprint density at radius 1 is 1.06 bits per heavy atom. The van der Waals surface area contributed by atoms with Gasteiger partial charge < -0.3 is 29.2 Å². The van der Waals surface area contributed by atoms with Crippen LogP contribution >= 0.6 is 0 Å². The largest absolute Gasteiger partial charge is 0.450 e. The van der Waals surface area contributed by atoms with Gasteiger partial charge in [-0.25, -0.2) is 9.78 Å². The molecule has 4 rings (SSSR count). The highest BCUT2D eigenvalue weighted by molar-refractivity contribution is 6.07. The second-order valence-electron chi connectivity index (χ2n) is 9.12. The highest BCUT2D eigenvalue weighted by Crippen LogP contribution is 2.28. The van der Waals surface area contributed by atoms with Gasteiger partial charge in [-0.05, 0) is 31.9 Å². The number of piperazine rings is 1. The third-order valence-electron chi connectivity index (χ3n) is 6.82. The molecule has 0 unspecified atom stereocenters. The first-order valence-electron chi connectivity index (χ1n) is 12.5. The number of carbonyl (C=O) groups excluding carboxylic acids is 3. The number of ether oxygens (including phenoxy) is 2. The van der Waals surface area contributed by atoms with Crippen LogP contribution in [0.15, 0.2) is 18.5 Å². The summed E-state index contributed by atoms with van der Waals surface area (Å²) in [6, 6.07) is 3.59. The summed E-state index contributed by atoms with van der Waals surface area (Å²) in [6.45, 7) is 4.77. The number of fused-ring (bicyclic) bond motifs is 1. The lowest BCUT2D eigenvalue weighted by atomic mass is 9.88. The molecular weight excluding hydrogens is 450 g/mol. The topological polar surface area (TPSA) is 106 Å². The van der Waals surface area contributed by atoms with Crippen LogP contribution in [0.1, 0.15) is 49.4 Å². The van der Waals surface area contributed by atoms with Gasteiger partial charge in [0.2, 0.25) is 5.91 Å². The summed E-state index contributed by atoms with van der Waals surface area (Å²) in [7, 11) is 1.63. The molecule has 10 nitrogen and oxygen atoms in total. The number of benzene rings is 1. The van der Waals surface area contributed by atoms with E-state index >= 15 is 0 Å². The molecule has 1 N–H and O–H groups in total. The van der Waals surface area contributed by atoms with Gasteiger partial charge in [0.05, 0.1) is 36.1 Å². The molecule has 0 atom stereocenters. The van der Waals surface area contributed by atoms with Crippen LogP contribution < -0.4 is 5.32 Å². The first kappa shape index (κ1) is 25.0. The van der Waals surface area contributed by atoms with Crippen molar-refractivity contribution in [1.29, 1.82) is 0 Å². The van der Waals surface area contributed by atoms with Gasteiger partial charge in [0.25, 0.3) is 5.91 Å². The number of imidazole rings is 1. The van der Waals surface area contributed by atoms with E-state index in [1.165, 1.54) is 6.42 Å². The predicted molar refractivity (Wildman–Crippen MR) is 131 cm³/mol. The second kappa shape index (κ2) is 11.5. The minimum absolute atomic E-state index is 0.00400. The number of methoxy groups -OCH3 is 1. The van der Waals surface area contributed by atoms with E-state index in [1.54, 1.807) is 36.2 Å². The number of amides is 3. The summed E-state index contributed by atoms with van der Waals surface area (Å²) in [5, 5.41) is 3.04. The van der Waals surface area contributed by atoms with Crippen LogP contribution in [-0.2, 0) is 20.8 Å².